The van der Waals surface area contributed by atoms with E-state index in [1.54, 1.807) is 11.3 Å². The first-order chi connectivity index (χ1) is 9.02. The molecule has 3 N–H and O–H groups in total. The van der Waals surface area contributed by atoms with Crippen LogP contribution in [0.1, 0.15) is 30.2 Å². The summed E-state index contributed by atoms with van der Waals surface area (Å²) in [6, 6.07) is 1.39. The predicted molar refractivity (Wildman–Crippen MR) is 70.9 cm³/mol. The van der Waals surface area contributed by atoms with Gasteiger partial charge in [0, 0.05) is 11.3 Å². The molecule has 0 aromatic carbocycles. The van der Waals surface area contributed by atoms with Gasteiger partial charge in [-0.2, -0.15) is 0 Å². The highest BCUT2D eigenvalue weighted by Crippen LogP contribution is 2.16. The number of imide groups is 1. The Kier molecular flexibility index (Phi) is 6.01. The van der Waals surface area contributed by atoms with Crippen molar-refractivity contribution >= 4 is 29.2 Å². The summed E-state index contributed by atoms with van der Waals surface area (Å²) in [6.45, 7) is 2.39. The van der Waals surface area contributed by atoms with E-state index in [0.29, 0.717) is 6.54 Å². The Morgan fingerprint density at radius 1 is 1.32 bits per heavy atom. The molecule has 0 saturated carbocycles. The summed E-state index contributed by atoms with van der Waals surface area (Å²) in [7, 11) is 0. The largest absolute Gasteiger partial charge is 0.481 e. The van der Waals surface area contributed by atoms with Crippen LogP contribution < -0.4 is 10.6 Å². The summed E-state index contributed by atoms with van der Waals surface area (Å²) in [5.41, 5.74) is 1.17. The second kappa shape index (κ2) is 7.52. The van der Waals surface area contributed by atoms with Crippen molar-refractivity contribution in [2.45, 2.75) is 32.7 Å². The lowest BCUT2D eigenvalue weighted by Crippen LogP contribution is -2.39. The summed E-state index contributed by atoms with van der Waals surface area (Å²) >= 11 is 1.54. The van der Waals surface area contributed by atoms with Crippen molar-refractivity contribution in [2.75, 3.05) is 0 Å². The smallest absolute Gasteiger partial charge is 0.321 e. The van der Waals surface area contributed by atoms with E-state index in [9.17, 15) is 14.4 Å². The van der Waals surface area contributed by atoms with E-state index in [4.69, 9.17) is 5.11 Å². The van der Waals surface area contributed by atoms with Gasteiger partial charge in [0.25, 0.3) is 0 Å². The average molecular weight is 284 g/mol. The van der Waals surface area contributed by atoms with Gasteiger partial charge in [-0.25, -0.2) is 4.79 Å². The van der Waals surface area contributed by atoms with Gasteiger partial charge >= 0.3 is 12.0 Å². The Morgan fingerprint density at radius 2 is 2.05 bits per heavy atom. The van der Waals surface area contributed by atoms with Gasteiger partial charge in [-0.05, 0) is 23.4 Å². The van der Waals surface area contributed by atoms with Crippen LogP contribution >= 0.6 is 11.3 Å². The van der Waals surface area contributed by atoms with Crippen LogP contribution in [0.5, 0.6) is 0 Å². The Morgan fingerprint density at radius 3 is 2.68 bits per heavy atom. The molecule has 19 heavy (non-hydrogen) atoms. The number of carboxylic acid groups (broad SMARTS) is 1. The molecule has 1 heterocycles. The number of rotatable bonds is 6. The summed E-state index contributed by atoms with van der Waals surface area (Å²) in [6.07, 6.45) is 0.395. The van der Waals surface area contributed by atoms with E-state index >= 15 is 0 Å². The molecule has 0 atom stereocenters. The third-order valence-electron chi connectivity index (χ3n) is 2.45. The Labute approximate surface area is 114 Å². The van der Waals surface area contributed by atoms with E-state index in [0.717, 1.165) is 11.3 Å². The minimum absolute atomic E-state index is 0.206. The van der Waals surface area contributed by atoms with Gasteiger partial charge < -0.3 is 10.4 Å². The molecule has 0 bridgehead atoms. The van der Waals surface area contributed by atoms with E-state index in [1.165, 1.54) is 5.56 Å². The van der Waals surface area contributed by atoms with Crippen LogP contribution in [-0.2, 0) is 22.6 Å². The number of urea groups is 1. The van der Waals surface area contributed by atoms with Crippen molar-refractivity contribution in [3.05, 3.63) is 21.9 Å². The number of thiophene rings is 1. The Hall–Kier alpha value is -1.89. The molecule has 0 aliphatic rings. The normalized spacial score (nSPS) is 9.95. The minimum Gasteiger partial charge on any atom is -0.481 e. The van der Waals surface area contributed by atoms with Gasteiger partial charge in [0.2, 0.25) is 5.91 Å². The van der Waals surface area contributed by atoms with Crippen LogP contribution in [0.3, 0.4) is 0 Å². The maximum Gasteiger partial charge on any atom is 0.321 e. The predicted octanol–water partition coefficient (Wildman–Crippen LogP) is 1.50. The lowest BCUT2D eigenvalue weighted by atomic mass is 10.2. The number of hydrogen-bond acceptors (Lipinski definition) is 4. The van der Waals surface area contributed by atoms with Gasteiger partial charge in [-0.15, -0.1) is 11.3 Å². The van der Waals surface area contributed by atoms with Crippen LogP contribution in [0, 0.1) is 0 Å². The highest BCUT2D eigenvalue weighted by Gasteiger charge is 2.10. The van der Waals surface area contributed by atoms with Crippen molar-refractivity contribution in [1.29, 1.82) is 0 Å². The maximum absolute atomic E-state index is 11.4. The molecule has 0 aliphatic heterocycles. The van der Waals surface area contributed by atoms with E-state index < -0.39 is 17.9 Å². The minimum atomic E-state index is -1.07. The zero-order chi connectivity index (χ0) is 14.3. The first-order valence-corrected chi connectivity index (χ1v) is 6.75. The molecule has 104 valence electrons. The number of carbonyl (C=O) groups excluding carboxylic acids is 2. The van der Waals surface area contributed by atoms with Crippen molar-refractivity contribution in [3.8, 4) is 0 Å². The maximum atomic E-state index is 11.4. The molecule has 0 saturated heterocycles. The fourth-order valence-corrected chi connectivity index (χ4v) is 2.37. The fourth-order valence-electron chi connectivity index (χ4n) is 1.45. The van der Waals surface area contributed by atoms with Gasteiger partial charge in [-0.1, -0.05) is 6.92 Å². The van der Waals surface area contributed by atoms with Crippen LogP contribution in [0.2, 0.25) is 0 Å². The van der Waals surface area contributed by atoms with Crippen molar-refractivity contribution in [3.63, 3.8) is 0 Å². The highest BCUT2D eigenvalue weighted by molar-refractivity contribution is 7.10. The molecule has 6 nitrogen and oxygen atoms in total. The van der Waals surface area contributed by atoms with Gasteiger partial charge in [-0.3, -0.25) is 14.9 Å². The average Bonchev–Trinajstić information content (AvgIpc) is 2.81. The molecule has 0 unspecified atom stereocenters. The quantitative estimate of drug-likeness (QED) is 0.737. The molecule has 1 aromatic heterocycles. The van der Waals surface area contributed by atoms with Crippen LogP contribution in [0.15, 0.2) is 11.4 Å². The number of nitrogens with one attached hydrogen (secondary N) is 2. The van der Waals surface area contributed by atoms with E-state index in [1.807, 2.05) is 18.4 Å². The molecule has 0 spiro atoms. The topological polar surface area (TPSA) is 95.5 Å². The lowest BCUT2D eigenvalue weighted by Gasteiger charge is -2.06. The second-order valence-electron chi connectivity index (χ2n) is 3.85. The molecule has 1 aromatic rings. The molecular weight excluding hydrogens is 268 g/mol. The lowest BCUT2D eigenvalue weighted by molar-refractivity contribution is -0.138. The Bertz CT molecular complexity index is 470. The van der Waals surface area contributed by atoms with E-state index in [2.05, 4.69) is 10.6 Å². The molecule has 0 aliphatic carbocycles. The van der Waals surface area contributed by atoms with Crippen LogP contribution in [0.4, 0.5) is 4.79 Å². The Balaban J connectivity index is 2.32. The van der Waals surface area contributed by atoms with E-state index in [-0.39, 0.29) is 12.8 Å². The molecule has 3 amide bonds. The highest BCUT2D eigenvalue weighted by atomic mass is 32.1. The zero-order valence-electron chi connectivity index (χ0n) is 10.6. The number of aryl methyl sites for hydroxylation is 1. The number of carbonyl (C=O) groups is 3. The molecule has 0 radical (unpaired) electrons. The van der Waals surface area contributed by atoms with Gasteiger partial charge in [0.05, 0.1) is 13.0 Å². The zero-order valence-corrected chi connectivity index (χ0v) is 11.4. The monoisotopic (exact) mass is 284 g/mol. The standard InChI is InChI=1S/C12H16N2O4S/c1-2-8-5-6-19-9(8)7-13-12(18)14-10(15)3-4-11(16)17/h5-6H,2-4,7H2,1H3,(H,16,17)(H2,13,14,15,18). The number of amides is 3. The number of hydrogen-bond donors (Lipinski definition) is 3. The first kappa shape index (κ1) is 15.2. The van der Waals surface area contributed by atoms with Crippen LogP contribution in [-0.4, -0.2) is 23.0 Å². The van der Waals surface area contributed by atoms with Gasteiger partial charge in [0.15, 0.2) is 0 Å². The summed E-state index contributed by atoms with van der Waals surface area (Å²) < 4.78 is 0. The summed E-state index contributed by atoms with van der Waals surface area (Å²) in [5.74, 6) is -1.66. The second-order valence-corrected chi connectivity index (χ2v) is 4.85. The number of aliphatic carboxylic acids is 1. The van der Waals surface area contributed by atoms with Crippen molar-refractivity contribution < 1.29 is 19.5 Å². The molecular formula is C12H16N2O4S. The van der Waals surface area contributed by atoms with Crippen molar-refractivity contribution in [2.24, 2.45) is 0 Å². The molecule has 0 fully saturated rings. The third-order valence-corrected chi connectivity index (χ3v) is 3.41. The number of carboxylic acids is 1. The SMILES string of the molecule is CCc1ccsc1CNC(=O)NC(=O)CCC(=O)O. The third kappa shape index (κ3) is 5.52. The fraction of sp³-hybridized carbons (Fsp3) is 0.417. The summed E-state index contributed by atoms with van der Waals surface area (Å²) in [5, 5.41) is 15.0. The van der Waals surface area contributed by atoms with Gasteiger partial charge in [0.1, 0.15) is 0 Å². The summed E-state index contributed by atoms with van der Waals surface area (Å²) in [4.78, 5) is 33.9. The van der Waals surface area contributed by atoms with Crippen molar-refractivity contribution in [1.82, 2.24) is 10.6 Å². The molecule has 7 heteroatoms. The van der Waals surface area contributed by atoms with Crippen LogP contribution in [0.25, 0.3) is 0 Å². The molecule has 1 rings (SSSR count). The first-order valence-electron chi connectivity index (χ1n) is 5.87.